The number of nitrogens with one attached hydrogen (secondary N) is 1. The zero-order valence-corrected chi connectivity index (χ0v) is 13.8. The van der Waals surface area contributed by atoms with Crippen LogP contribution in [0.5, 0.6) is 5.75 Å². The minimum absolute atomic E-state index is 0.0403. The lowest BCUT2D eigenvalue weighted by Crippen LogP contribution is -2.72. The molecular weight excluding hydrogens is 340 g/mol. The largest absolute Gasteiger partial charge is 0.482 e. The number of nitrogens with two attached hydrogens (primary N) is 1. The number of amides is 1. The summed E-state index contributed by atoms with van der Waals surface area (Å²) in [6.07, 6.45) is 1.70. The molecule has 0 spiro atoms. The van der Waals surface area contributed by atoms with E-state index in [0.29, 0.717) is 22.4 Å². The number of carbonyl (C=O) groups excluding carboxylic acids is 1. The van der Waals surface area contributed by atoms with Crippen LogP contribution in [0.2, 0.25) is 5.02 Å². The van der Waals surface area contributed by atoms with Crippen LogP contribution in [0.25, 0.3) is 11.3 Å². The molecule has 0 unspecified atom stereocenters. The summed E-state index contributed by atoms with van der Waals surface area (Å²) in [7, 11) is 0. The average molecular weight is 354 g/mol. The Labute approximate surface area is 148 Å². The number of aromatic nitrogens is 2. The molecule has 1 amide bonds. The predicted molar refractivity (Wildman–Crippen MR) is 94.3 cm³/mol. The molecule has 1 aromatic heterocycles. The first-order valence-corrected chi connectivity index (χ1v) is 8.06. The molecule has 124 valence electrons. The fraction of sp³-hybridized carbons (Fsp3) is 0.0556. The minimum Gasteiger partial charge on any atom is -0.482 e. The number of rotatable bonds is 3. The van der Waals surface area contributed by atoms with Gasteiger partial charge in [0.15, 0.2) is 6.61 Å². The Morgan fingerprint density at radius 2 is 2.08 bits per heavy atom. The molecule has 25 heavy (non-hydrogen) atoms. The third kappa shape index (κ3) is 3.45. The number of nitrogens with zero attached hydrogens (tertiary/aromatic N) is 2. The van der Waals surface area contributed by atoms with Crippen LogP contribution in [0, 0.1) is 0 Å². The quantitative estimate of drug-likeness (QED) is 0.709. The molecule has 7 heteroatoms. The Morgan fingerprint density at radius 3 is 2.96 bits per heavy atom. The standard InChI is InChI=1S/C18H13ClN4O2/c19-12-2-1-3-13(9-12)21-18-20-7-6-14(23-18)11-4-5-16-15(8-11)22-17(24)10-25-16/h1-9H,10H2,(H,22,24)(H,20,21,23)/p+1. The number of ether oxygens (including phenoxy) is 1. The van der Waals surface area contributed by atoms with E-state index in [9.17, 15) is 4.79 Å². The topological polar surface area (TPSA) is 80.7 Å². The maximum atomic E-state index is 11.5. The Bertz CT molecular complexity index is 961. The molecular formula is C18H14ClN4O2+. The summed E-state index contributed by atoms with van der Waals surface area (Å²) in [6.45, 7) is 0.0403. The van der Waals surface area contributed by atoms with Crippen molar-refractivity contribution >= 4 is 34.8 Å². The van der Waals surface area contributed by atoms with Crippen molar-refractivity contribution in [3.63, 3.8) is 0 Å². The van der Waals surface area contributed by atoms with Gasteiger partial charge in [0, 0.05) is 22.8 Å². The lowest BCUT2D eigenvalue weighted by atomic mass is 10.1. The van der Waals surface area contributed by atoms with Crippen molar-refractivity contribution in [3.8, 4) is 17.0 Å². The van der Waals surface area contributed by atoms with Gasteiger partial charge in [0.05, 0.1) is 11.4 Å². The van der Waals surface area contributed by atoms with Gasteiger partial charge >= 0.3 is 5.95 Å². The fourth-order valence-corrected chi connectivity index (χ4v) is 2.79. The van der Waals surface area contributed by atoms with E-state index >= 15 is 0 Å². The van der Waals surface area contributed by atoms with Crippen molar-refractivity contribution in [2.75, 3.05) is 11.9 Å². The van der Waals surface area contributed by atoms with E-state index in [4.69, 9.17) is 16.3 Å². The molecule has 0 aliphatic carbocycles. The van der Waals surface area contributed by atoms with E-state index in [0.717, 1.165) is 16.9 Å². The summed E-state index contributed by atoms with van der Waals surface area (Å²) in [6, 6.07) is 14.9. The van der Waals surface area contributed by atoms with E-state index in [1.165, 1.54) is 0 Å². The fourth-order valence-electron chi connectivity index (χ4n) is 2.59. The van der Waals surface area contributed by atoms with Gasteiger partial charge in [0.25, 0.3) is 5.91 Å². The van der Waals surface area contributed by atoms with Crippen molar-refractivity contribution in [1.82, 2.24) is 9.97 Å². The van der Waals surface area contributed by atoms with Crippen LogP contribution in [0.15, 0.2) is 54.7 Å². The number of hydrogen-bond donors (Lipinski definition) is 2. The monoisotopic (exact) mass is 353 g/mol. The van der Waals surface area contributed by atoms with Crippen molar-refractivity contribution in [2.45, 2.75) is 0 Å². The first-order chi connectivity index (χ1) is 12.2. The molecule has 0 bridgehead atoms. The summed E-state index contributed by atoms with van der Waals surface area (Å²) in [5.74, 6) is 1.07. The zero-order chi connectivity index (χ0) is 17.2. The Morgan fingerprint density at radius 1 is 1.16 bits per heavy atom. The molecule has 0 radical (unpaired) electrons. The highest BCUT2D eigenvalue weighted by molar-refractivity contribution is 6.30. The number of quaternary nitrogens is 1. The summed E-state index contributed by atoms with van der Waals surface area (Å²) in [5.41, 5.74) is 3.20. The van der Waals surface area contributed by atoms with Crippen LogP contribution >= 0.6 is 11.6 Å². The first kappa shape index (κ1) is 15.6. The number of fused-ring (bicyclic) bond motifs is 1. The molecule has 4 rings (SSSR count). The minimum atomic E-state index is -0.165. The van der Waals surface area contributed by atoms with Gasteiger partial charge in [-0.2, -0.15) is 9.97 Å². The van der Waals surface area contributed by atoms with Crippen LogP contribution in [0.4, 0.5) is 17.3 Å². The van der Waals surface area contributed by atoms with E-state index < -0.39 is 0 Å². The van der Waals surface area contributed by atoms with E-state index in [-0.39, 0.29) is 12.5 Å². The Balaban J connectivity index is 1.63. The lowest BCUT2D eigenvalue weighted by Gasteiger charge is -2.18. The van der Waals surface area contributed by atoms with Gasteiger partial charge in [-0.1, -0.05) is 17.7 Å². The molecule has 0 atom stereocenters. The van der Waals surface area contributed by atoms with Crippen molar-refractivity contribution in [3.05, 3.63) is 59.8 Å². The number of benzene rings is 2. The number of anilines is 1. The number of hydrogen-bond acceptors (Lipinski definition) is 4. The van der Waals surface area contributed by atoms with Crippen molar-refractivity contribution in [2.24, 2.45) is 0 Å². The zero-order valence-electron chi connectivity index (χ0n) is 13.1. The van der Waals surface area contributed by atoms with Crippen molar-refractivity contribution < 1.29 is 14.8 Å². The highest BCUT2D eigenvalue weighted by Gasteiger charge is 2.17. The second-order valence-corrected chi connectivity index (χ2v) is 5.98. The van der Waals surface area contributed by atoms with E-state index in [1.54, 1.807) is 6.20 Å². The van der Waals surface area contributed by atoms with Crippen LogP contribution in [-0.2, 0) is 4.79 Å². The summed E-state index contributed by atoms with van der Waals surface area (Å²) < 4.78 is 5.38. The highest BCUT2D eigenvalue weighted by atomic mass is 35.5. The van der Waals surface area contributed by atoms with Gasteiger partial charge in [-0.05, 0) is 36.4 Å². The van der Waals surface area contributed by atoms with Crippen molar-refractivity contribution in [1.29, 1.82) is 0 Å². The lowest BCUT2D eigenvalue weighted by molar-refractivity contribution is -0.487. The molecule has 0 saturated heterocycles. The second-order valence-electron chi connectivity index (χ2n) is 5.55. The van der Waals surface area contributed by atoms with E-state index in [2.05, 4.69) is 15.3 Å². The highest BCUT2D eigenvalue weighted by Crippen LogP contribution is 2.32. The predicted octanol–water partition coefficient (Wildman–Crippen LogP) is 2.65. The average Bonchev–Trinajstić information content (AvgIpc) is 2.61. The molecule has 6 nitrogen and oxygen atoms in total. The summed E-state index contributed by atoms with van der Waals surface area (Å²) in [4.78, 5) is 20.3. The molecule has 2 aromatic carbocycles. The first-order valence-electron chi connectivity index (χ1n) is 7.68. The second kappa shape index (κ2) is 6.51. The van der Waals surface area contributed by atoms with Gasteiger partial charge in [-0.3, -0.25) is 4.79 Å². The van der Waals surface area contributed by atoms with Crippen LogP contribution in [0.3, 0.4) is 0 Å². The Hall–Kier alpha value is -2.96. The third-order valence-electron chi connectivity index (χ3n) is 3.73. The van der Waals surface area contributed by atoms with Gasteiger partial charge in [0.2, 0.25) is 0 Å². The molecule has 3 N–H and O–H groups in total. The van der Waals surface area contributed by atoms with Crippen LogP contribution < -0.4 is 15.4 Å². The molecule has 3 aromatic rings. The van der Waals surface area contributed by atoms with Gasteiger partial charge in [-0.25, -0.2) is 5.32 Å². The normalized spacial score (nSPS) is 12.9. The molecule has 0 fully saturated rings. The van der Waals surface area contributed by atoms with Gasteiger partial charge in [-0.15, -0.1) is 0 Å². The molecule has 1 aliphatic heterocycles. The van der Waals surface area contributed by atoms with Crippen LogP contribution in [0.1, 0.15) is 0 Å². The van der Waals surface area contributed by atoms with Gasteiger partial charge in [0.1, 0.15) is 11.4 Å². The van der Waals surface area contributed by atoms with Gasteiger partial charge < -0.3 is 10.1 Å². The number of halogens is 1. The maximum Gasteiger partial charge on any atom is 0.331 e. The maximum absolute atomic E-state index is 11.5. The molecule has 2 heterocycles. The molecule has 1 aliphatic rings. The van der Waals surface area contributed by atoms with E-state index in [1.807, 2.05) is 53.8 Å². The molecule has 0 saturated carbocycles. The third-order valence-corrected chi connectivity index (χ3v) is 3.96. The SMILES string of the molecule is O=C1COc2ccc(-c3ccnc([NH2+]c4cccc(Cl)c4)n3)cc2N1. The van der Waals surface area contributed by atoms with Crippen LogP contribution in [-0.4, -0.2) is 22.5 Å². The summed E-state index contributed by atoms with van der Waals surface area (Å²) in [5, 5.41) is 5.32. The summed E-state index contributed by atoms with van der Waals surface area (Å²) >= 11 is 6.01. The number of carbonyl (C=O) groups is 1. The Kier molecular flexibility index (Phi) is 4.05. The smallest absolute Gasteiger partial charge is 0.331 e.